The summed E-state index contributed by atoms with van der Waals surface area (Å²) in [6.07, 6.45) is 3.90. The first-order chi connectivity index (χ1) is 6.24. The lowest BCUT2D eigenvalue weighted by Crippen LogP contribution is -2.11. The molecule has 0 aromatic carbocycles. The number of hydrogen-bond donors (Lipinski definition) is 0. The van der Waals surface area contributed by atoms with Gasteiger partial charge < -0.3 is 0 Å². The molecule has 0 spiro atoms. The second kappa shape index (κ2) is 8.48. The van der Waals surface area contributed by atoms with E-state index in [-0.39, 0.29) is 8.80 Å². The molecule has 0 aliphatic rings. The summed E-state index contributed by atoms with van der Waals surface area (Å²) in [6.45, 7) is 6.66. The molecule has 0 fully saturated rings. The minimum absolute atomic E-state index is 0.164. The summed E-state index contributed by atoms with van der Waals surface area (Å²) in [5, 5.41) is 0. The van der Waals surface area contributed by atoms with Crippen LogP contribution >= 0.6 is 0 Å². The number of rotatable bonds is 8. The van der Waals surface area contributed by atoms with Gasteiger partial charge in [-0.15, -0.1) is 0 Å². The molecule has 0 N–H and O–H groups in total. The minimum atomic E-state index is -0.164. The zero-order chi connectivity index (χ0) is 10.1. The second-order valence-electron chi connectivity index (χ2n) is 3.60. The monoisotopic (exact) mass is 199 g/mol. The van der Waals surface area contributed by atoms with Gasteiger partial charge in [-0.2, -0.15) is 0 Å². The maximum absolute atomic E-state index is 11.4. The summed E-state index contributed by atoms with van der Waals surface area (Å²) in [5.41, 5.74) is 0. The Labute approximate surface area is 84.5 Å². The Bertz CT molecular complexity index is 130. The van der Waals surface area contributed by atoms with E-state index in [2.05, 4.69) is 20.8 Å². The predicted molar refractivity (Wildman–Crippen MR) is 60.7 cm³/mol. The van der Waals surface area contributed by atoms with Crippen molar-refractivity contribution in [3.63, 3.8) is 0 Å². The second-order valence-corrected chi connectivity index (χ2v) is 7.01. The quantitative estimate of drug-likeness (QED) is 0.545. The Hall–Kier alpha value is -0.113. The van der Waals surface area contributed by atoms with Crippen LogP contribution in [0.2, 0.25) is 18.1 Å². The van der Waals surface area contributed by atoms with E-state index in [9.17, 15) is 4.79 Å². The summed E-state index contributed by atoms with van der Waals surface area (Å²) >= 11 is 0. The summed E-state index contributed by atoms with van der Waals surface area (Å²) in [4.78, 5) is 11.4. The highest BCUT2D eigenvalue weighted by atomic mass is 28.3. The van der Waals surface area contributed by atoms with Crippen LogP contribution in [-0.4, -0.2) is 14.6 Å². The molecule has 2 heteroatoms. The highest BCUT2D eigenvalue weighted by Crippen LogP contribution is 2.10. The van der Waals surface area contributed by atoms with E-state index in [1.165, 1.54) is 18.1 Å². The molecule has 1 nitrogen and oxygen atoms in total. The molecule has 0 aliphatic heterocycles. The van der Waals surface area contributed by atoms with Gasteiger partial charge in [-0.3, -0.25) is 4.79 Å². The smallest absolute Gasteiger partial charge is 0.132 e. The zero-order valence-electron chi connectivity index (χ0n) is 9.36. The molecule has 0 atom stereocenters. The van der Waals surface area contributed by atoms with Crippen molar-refractivity contribution < 1.29 is 4.79 Å². The van der Waals surface area contributed by atoms with E-state index in [1.807, 2.05) is 0 Å². The topological polar surface area (TPSA) is 17.1 Å². The Balaban J connectivity index is 3.44. The number of carbonyl (C=O) groups excluding carboxylic acids is 1. The fourth-order valence-electron chi connectivity index (χ4n) is 1.42. The van der Waals surface area contributed by atoms with Gasteiger partial charge in [0.1, 0.15) is 5.78 Å². The SMILES string of the molecule is CCCCC(=O)CC[Si](CC)CC. The van der Waals surface area contributed by atoms with Crippen LogP contribution in [0.4, 0.5) is 0 Å². The Kier molecular flexibility index (Phi) is 8.41. The Morgan fingerprint density at radius 3 is 2.15 bits per heavy atom. The molecule has 0 bridgehead atoms. The number of ketones is 1. The van der Waals surface area contributed by atoms with E-state index < -0.39 is 0 Å². The lowest BCUT2D eigenvalue weighted by atomic mass is 10.1. The summed E-state index contributed by atoms with van der Waals surface area (Å²) in [7, 11) is -0.164. The molecule has 0 aromatic heterocycles. The first-order valence-corrected chi connectivity index (χ1v) is 7.71. The third-order valence-electron chi connectivity index (χ3n) is 2.57. The average molecular weight is 199 g/mol. The summed E-state index contributed by atoms with van der Waals surface area (Å²) in [6, 6.07) is 3.85. The van der Waals surface area contributed by atoms with Gasteiger partial charge in [-0.1, -0.05) is 45.3 Å². The molecule has 0 aliphatic carbocycles. The number of hydrogen-bond acceptors (Lipinski definition) is 1. The van der Waals surface area contributed by atoms with Gasteiger partial charge in [-0.25, -0.2) is 0 Å². The molecule has 0 heterocycles. The predicted octanol–water partition coefficient (Wildman–Crippen LogP) is 3.67. The van der Waals surface area contributed by atoms with Crippen LogP contribution in [0.15, 0.2) is 0 Å². The molecule has 1 radical (unpaired) electrons. The molecule has 0 amide bonds. The van der Waals surface area contributed by atoms with Crippen LogP contribution < -0.4 is 0 Å². The van der Waals surface area contributed by atoms with Crippen molar-refractivity contribution in [2.45, 2.75) is 64.6 Å². The molecule has 0 unspecified atom stereocenters. The largest absolute Gasteiger partial charge is 0.300 e. The molecular weight excluding hydrogens is 176 g/mol. The Morgan fingerprint density at radius 2 is 1.69 bits per heavy atom. The van der Waals surface area contributed by atoms with Crippen LogP contribution in [0.3, 0.4) is 0 Å². The number of carbonyl (C=O) groups is 1. The molecule has 77 valence electrons. The maximum atomic E-state index is 11.4. The first-order valence-electron chi connectivity index (χ1n) is 5.59. The van der Waals surface area contributed by atoms with Crippen molar-refractivity contribution in [2.75, 3.05) is 0 Å². The van der Waals surface area contributed by atoms with Gasteiger partial charge >= 0.3 is 0 Å². The molecule has 0 saturated heterocycles. The van der Waals surface area contributed by atoms with Crippen LogP contribution in [-0.2, 0) is 4.79 Å². The third kappa shape index (κ3) is 7.00. The van der Waals surface area contributed by atoms with Gasteiger partial charge in [0.05, 0.1) is 0 Å². The van der Waals surface area contributed by atoms with Crippen molar-refractivity contribution in [2.24, 2.45) is 0 Å². The minimum Gasteiger partial charge on any atom is -0.300 e. The molecule has 13 heavy (non-hydrogen) atoms. The fraction of sp³-hybridized carbons (Fsp3) is 0.909. The van der Waals surface area contributed by atoms with Gasteiger partial charge in [0, 0.05) is 21.6 Å². The normalized spacial score (nSPS) is 10.8. The van der Waals surface area contributed by atoms with Gasteiger partial charge in [0.25, 0.3) is 0 Å². The summed E-state index contributed by atoms with van der Waals surface area (Å²) < 4.78 is 0. The third-order valence-corrected chi connectivity index (χ3v) is 5.52. The molecular formula is C11H23OSi. The van der Waals surface area contributed by atoms with Crippen molar-refractivity contribution >= 4 is 14.6 Å². The lowest BCUT2D eigenvalue weighted by molar-refractivity contribution is -0.118. The van der Waals surface area contributed by atoms with Crippen LogP contribution in [0.1, 0.15) is 46.5 Å². The van der Waals surface area contributed by atoms with E-state index in [4.69, 9.17) is 0 Å². The van der Waals surface area contributed by atoms with Crippen molar-refractivity contribution in [1.29, 1.82) is 0 Å². The van der Waals surface area contributed by atoms with E-state index in [0.29, 0.717) is 5.78 Å². The van der Waals surface area contributed by atoms with Crippen LogP contribution in [0.5, 0.6) is 0 Å². The number of unbranched alkanes of at least 4 members (excludes halogenated alkanes) is 1. The maximum Gasteiger partial charge on any atom is 0.132 e. The fourth-order valence-corrected chi connectivity index (χ4v) is 3.26. The van der Waals surface area contributed by atoms with Crippen molar-refractivity contribution in [1.82, 2.24) is 0 Å². The van der Waals surface area contributed by atoms with Gasteiger partial charge in [0.2, 0.25) is 0 Å². The van der Waals surface area contributed by atoms with Gasteiger partial charge in [-0.05, 0) is 6.42 Å². The van der Waals surface area contributed by atoms with Crippen molar-refractivity contribution in [3.8, 4) is 0 Å². The lowest BCUT2D eigenvalue weighted by Gasteiger charge is -2.08. The van der Waals surface area contributed by atoms with E-state index in [0.717, 1.165) is 25.7 Å². The van der Waals surface area contributed by atoms with Crippen LogP contribution in [0, 0.1) is 0 Å². The standard InChI is InChI=1S/C11H23OSi/c1-4-7-8-11(12)9-10-13(5-2)6-3/h4-10H2,1-3H3. The Morgan fingerprint density at radius 1 is 1.08 bits per heavy atom. The van der Waals surface area contributed by atoms with E-state index >= 15 is 0 Å². The van der Waals surface area contributed by atoms with Crippen molar-refractivity contribution in [3.05, 3.63) is 0 Å². The van der Waals surface area contributed by atoms with E-state index in [1.54, 1.807) is 0 Å². The highest BCUT2D eigenvalue weighted by Gasteiger charge is 2.08. The highest BCUT2D eigenvalue weighted by molar-refractivity contribution is 6.58. The molecule has 0 rings (SSSR count). The summed E-state index contributed by atoms with van der Waals surface area (Å²) in [5.74, 6) is 0.492. The molecule has 0 saturated carbocycles. The van der Waals surface area contributed by atoms with Gasteiger partial charge in [0.15, 0.2) is 0 Å². The number of Topliss-reactive ketones (excluding diaryl/α,β-unsaturated/α-hetero) is 1. The zero-order valence-corrected chi connectivity index (χ0v) is 10.4. The first kappa shape index (κ1) is 12.9. The van der Waals surface area contributed by atoms with Crippen LogP contribution in [0.25, 0.3) is 0 Å². The average Bonchev–Trinajstić information content (AvgIpc) is 2.16. The molecule has 0 aromatic rings.